The van der Waals surface area contributed by atoms with Crippen LogP contribution in [0.5, 0.6) is 0 Å². The molecule has 0 bridgehead atoms. The fourth-order valence-corrected chi connectivity index (χ4v) is 3.12. The molecule has 1 aliphatic rings. The van der Waals surface area contributed by atoms with Gasteiger partial charge in [-0.15, -0.1) is 0 Å². The van der Waals surface area contributed by atoms with Crippen LogP contribution >= 0.6 is 15.9 Å². The Kier molecular flexibility index (Phi) is 5.49. The van der Waals surface area contributed by atoms with Crippen LogP contribution in [-0.4, -0.2) is 23.8 Å². The van der Waals surface area contributed by atoms with Crippen LogP contribution in [0.25, 0.3) is 0 Å². The summed E-state index contributed by atoms with van der Waals surface area (Å²) in [5.74, 6) is -1.27. The van der Waals surface area contributed by atoms with Gasteiger partial charge < -0.3 is 15.4 Å². The topological polar surface area (TPSA) is 50.4 Å². The zero-order valence-electron chi connectivity index (χ0n) is 13.4. The van der Waals surface area contributed by atoms with Gasteiger partial charge in [0.15, 0.2) is 0 Å². The van der Waals surface area contributed by atoms with Crippen molar-refractivity contribution in [1.82, 2.24) is 5.32 Å². The highest BCUT2D eigenvalue weighted by molar-refractivity contribution is 9.10. The van der Waals surface area contributed by atoms with Gasteiger partial charge in [0.2, 0.25) is 0 Å². The van der Waals surface area contributed by atoms with E-state index in [0.717, 1.165) is 18.9 Å². The summed E-state index contributed by atoms with van der Waals surface area (Å²) in [4.78, 5) is 11.8. The summed E-state index contributed by atoms with van der Waals surface area (Å²) in [6.45, 7) is 5.42. The lowest BCUT2D eigenvalue weighted by atomic mass is 10.2. The number of halogens is 3. The highest BCUT2D eigenvalue weighted by Gasteiger charge is 2.28. The molecule has 1 fully saturated rings. The second-order valence-electron chi connectivity index (χ2n) is 6.74. The molecule has 23 heavy (non-hydrogen) atoms. The molecule has 2 atom stereocenters. The average molecular weight is 391 g/mol. The first-order valence-electron chi connectivity index (χ1n) is 7.54. The SMILES string of the molecule is CC(C)(C)OC(=O)NC1CCC(Nc2c(F)cc(F)cc2Br)C1. The number of anilines is 1. The molecular weight excluding hydrogens is 370 g/mol. The van der Waals surface area contributed by atoms with Crippen molar-refractivity contribution in [2.45, 2.75) is 57.7 Å². The molecule has 0 heterocycles. The number of alkyl carbamates (subject to hydrolysis) is 1. The number of ether oxygens (including phenoxy) is 1. The Labute approximate surface area is 143 Å². The van der Waals surface area contributed by atoms with Gasteiger partial charge in [0.05, 0.1) is 5.69 Å². The van der Waals surface area contributed by atoms with Gasteiger partial charge >= 0.3 is 6.09 Å². The van der Waals surface area contributed by atoms with Gasteiger partial charge in [0.25, 0.3) is 0 Å². The van der Waals surface area contributed by atoms with Crippen LogP contribution in [0, 0.1) is 11.6 Å². The Morgan fingerprint density at radius 1 is 1.26 bits per heavy atom. The molecule has 0 saturated heterocycles. The van der Waals surface area contributed by atoms with Crippen LogP contribution in [0.3, 0.4) is 0 Å². The van der Waals surface area contributed by atoms with E-state index in [1.807, 2.05) is 0 Å². The standard InChI is InChI=1S/C16H21BrF2N2O2/c1-16(2,3)23-15(22)21-11-5-4-10(8-11)20-14-12(17)6-9(18)7-13(14)19/h6-7,10-11,20H,4-5,8H2,1-3H3,(H,21,22). The summed E-state index contributed by atoms with van der Waals surface area (Å²) >= 11 is 3.16. The molecule has 2 rings (SSSR count). The van der Waals surface area contributed by atoms with Gasteiger partial charge in [0, 0.05) is 22.6 Å². The maximum atomic E-state index is 13.8. The smallest absolute Gasteiger partial charge is 0.407 e. The number of amides is 1. The molecule has 0 radical (unpaired) electrons. The maximum absolute atomic E-state index is 13.8. The molecule has 0 aliphatic heterocycles. The van der Waals surface area contributed by atoms with E-state index in [0.29, 0.717) is 10.9 Å². The molecule has 1 aromatic carbocycles. The molecule has 1 aliphatic carbocycles. The highest BCUT2D eigenvalue weighted by atomic mass is 79.9. The fourth-order valence-electron chi connectivity index (χ4n) is 2.60. The van der Waals surface area contributed by atoms with Gasteiger partial charge in [-0.3, -0.25) is 0 Å². The number of nitrogens with one attached hydrogen (secondary N) is 2. The van der Waals surface area contributed by atoms with E-state index < -0.39 is 23.3 Å². The van der Waals surface area contributed by atoms with Crippen molar-refractivity contribution in [3.8, 4) is 0 Å². The monoisotopic (exact) mass is 390 g/mol. The van der Waals surface area contributed by atoms with Crippen LogP contribution in [0.4, 0.5) is 19.3 Å². The number of rotatable bonds is 3. The second kappa shape index (κ2) is 7.03. The molecule has 2 N–H and O–H groups in total. The van der Waals surface area contributed by atoms with E-state index in [9.17, 15) is 13.6 Å². The molecule has 7 heteroatoms. The third-order valence-electron chi connectivity index (χ3n) is 3.51. The van der Waals surface area contributed by atoms with Crippen LogP contribution in [0.2, 0.25) is 0 Å². The lowest BCUT2D eigenvalue weighted by Gasteiger charge is -2.22. The van der Waals surface area contributed by atoms with Crippen molar-refractivity contribution in [3.05, 3.63) is 28.2 Å². The molecular formula is C16H21BrF2N2O2. The second-order valence-corrected chi connectivity index (χ2v) is 7.60. The summed E-state index contributed by atoms with van der Waals surface area (Å²) in [5, 5.41) is 5.90. The van der Waals surface area contributed by atoms with Crippen LogP contribution in [-0.2, 0) is 4.74 Å². The first-order valence-corrected chi connectivity index (χ1v) is 8.34. The molecule has 0 aromatic heterocycles. The summed E-state index contributed by atoms with van der Waals surface area (Å²) in [5.41, 5.74) is -0.295. The van der Waals surface area contributed by atoms with Gasteiger partial charge in [0.1, 0.15) is 17.2 Å². The number of hydrogen-bond acceptors (Lipinski definition) is 3. The largest absolute Gasteiger partial charge is 0.444 e. The van der Waals surface area contributed by atoms with Gasteiger partial charge in [-0.25, -0.2) is 13.6 Å². The van der Waals surface area contributed by atoms with Crippen molar-refractivity contribution in [1.29, 1.82) is 0 Å². The Bertz CT molecular complexity index is 567. The number of carbonyl (C=O) groups excluding carboxylic acids is 1. The van der Waals surface area contributed by atoms with Crippen molar-refractivity contribution < 1.29 is 18.3 Å². The predicted molar refractivity (Wildman–Crippen MR) is 88.5 cm³/mol. The zero-order chi connectivity index (χ0) is 17.2. The van der Waals surface area contributed by atoms with Crippen molar-refractivity contribution in [2.75, 3.05) is 5.32 Å². The summed E-state index contributed by atoms with van der Waals surface area (Å²) in [7, 11) is 0. The quantitative estimate of drug-likeness (QED) is 0.793. The molecule has 0 spiro atoms. The van der Waals surface area contributed by atoms with Gasteiger partial charge in [-0.05, 0) is 62.0 Å². The normalized spacial score (nSPS) is 21.1. The molecule has 128 valence electrons. The van der Waals surface area contributed by atoms with E-state index in [2.05, 4.69) is 26.6 Å². The fraction of sp³-hybridized carbons (Fsp3) is 0.562. The van der Waals surface area contributed by atoms with Crippen molar-refractivity contribution >= 4 is 27.7 Å². The Morgan fingerprint density at radius 2 is 1.91 bits per heavy atom. The van der Waals surface area contributed by atoms with Crippen LogP contribution < -0.4 is 10.6 Å². The van der Waals surface area contributed by atoms with E-state index >= 15 is 0 Å². The average Bonchev–Trinajstić information content (AvgIpc) is 2.78. The molecule has 2 unspecified atom stereocenters. The molecule has 1 aromatic rings. The minimum absolute atomic E-state index is 0.00574. The van der Waals surface area contributed by atoms with E-state index in [4.69, 9.17) is 4.74 Å². The number of carbonyl (C=O) groups is 1. The van der Waals surface area contributed by atoms with Crippen LogP contribution in [0.1, 0.15) is 40.0 Å². The Hall–Kier alpha value is -1.37. The van der Waals surface area contributed by atoms with E-state index in [1.54, 1.807) is 20.8 Å². The number of hydrogen-bond donors (Lipinski definition) is 2. The molecule has 1 saturated carbocycles. The first-order chi connectivity index (χ1) is 10.6. The minimum Gasteiger partial charge on any atom is -0.444 e. The highest BCUT2D eigenvalue weighted by Crippen LogP contribution is 2.31. The van der Waals surface area contributed by atoms with Crippen molar-refractivity contribution in [3.63, 3.8) is 0 Å². The summed E-state index contributed by atoms with van der Waals surface area (Å²) < 4.78 is 32.5. The first kappa shape index (κ1) is 18.0. The summed E-state index contributed by atoms with van der Waals surface area (Å²) in [6.07, 6.45) is 1.76. The third kappa shape index (κ3) is 5.34. The zero-order valence-corrected chi connectivity index (χ0v) is 15.0. The van der Waals surface area contributed by atoms with Crippen molar-refractivity contribution in [2.24, 2.45) is 0 Å². The lowest BCUT2D eigenvalue weighted by molar-refractivity contribution is 0.0505. The predicted octanol–water partition coefficient (Wildman–Crippen LogP) is 4.59. The van der Waals surface area contributed by atoms with Crippen LogP contribution in [0.15, 0.2) is 16.6 Å². The summed E-state index contributed by atoms with van der Waals surface area (Å²) in [6, 6.07) is 2.05. The maximum Gasteiger partial charge on any atom is 0.407 e. The Morgan fingerprint density at radius 3 is 2.52 bits per heavy atom. The van der Waals surface area contributed by atoms with E-state index in [1.165, 1.54) is 6.07 Å². The Balaban J connectivity index is 1.90. The van der Waals surface area contributed by atoms with E-state index in [-0.39, 0.29) is 17.8 Å². The molecule has 4 nitrogen and oxygen atoms in total. The van der Waals surface area contributed by atoms with Gasteiger partial charge in [-0.1, -0.05) is 0 Å². The number of benzene rings is 1. The minimum atomic E-state index is -0.638. The lowest BCUT2D eigenvalue weighted by Crippen LogP contribution is -2.38. The molecule has 1 amide bonds. The van der Waals surface area contributed by atoms with Gasteiger partial charge in [-0.2, -0.15) is 0 Å². The third-order valence-corrected chi connectivity index (χ3v) is 4.13.